The van der Waals surface area contributed by atoms with Crippen LogP contribution in [0.4, 0.5) is 4.39 Å². The van der Waals surface area contributed by atoms with Crippen LogP contribution in [0, 0.1) is 40.4 Å². The molecular formula is C22H26FNO2S. The van der Waals surface area contributed by atoms with E-state index >= 15 is 0 Å². The van der Waals surface area contributed by atoms with Gasteiger partial charge in [-0.3, -0.25) is 0 Å². The first kappa shape index (κ1) is 19.8. The van der Waals surface area contributed by atoms with Crippen LogP contribution in [0.1, 0.15) is 39.8 Å². The highest BCUT2D eigenvalue weighted by Crippen LogP contribution is 2.33. The van der Waals surface area contributed by atoms with E-state index in [-0.39, 0.29) is 5.82 Å². The smallest absolute Gasteiger partial charge is 0.207 e. The second-order valence-electron chi connectivity index (χ2n) is 7.30. The lowest BCUT2D eigenvalue weighted by molar-refractivity contribution is 0.440. The van der Waals surface area contributed by atoms with Gasteiger partial charge in [0.05, 0.1) is 4.90 Å². The minimum atomic E-state index is -3.57. The molecule has 0 radical (unpaired) electrons. The Labute approximate surface area is 161 Å². The van der Waals surface area contributed by atoms with Crippen LogP contribution in [-0.2, 0) is 10.0 Å². The monoisotopic (exact) mass is 387 g/mol. The standard InChI is InChI=1S/C22H26FNO2S/c1-14-15(2)17(4)22(18(5)16(14)3)27(25,26)24-12-10-20(11-13-24)19-6-8-21(23)9-7-19/h6-10H,11-13H2,1-5H3. The minimum absolute atomic E-state index is 0.268. The maximum atomic E-state index is 13.4. The molecule has 1 aliphatic heterocycles. The molecule has 0 N–H and O–H groups in total. The third kappa shape index (κ3) is 3.46. The number of sulfonamides is 1. The first-order valence-corrected chi connectivity index (χ1v) is 10.6. The second kappa shape index (κ2) is 7.21. The molecule has 2 aromatic carbocycles. The van der Waals surface area contributed by atoms with Crippen LogP contribution in [0.25, 0.3) is 5.57 Å². The van der Waals surface area contributed by atoms with Crippen molar-refractivity contribution >= 4 is 15.6 Å². The van der Waals surface area contributed by atoms with Gasteiger partial charge in [-0.1, -0.05) is 18.2 Å². The molecule has 0 aromatic heterocycles. The average molecular weight is 388 g/mol. The summed E-state index contributed by atoms with van der Waals surface area (Å²) in [5.41, 5.74) is 6.91. The van der Waals surface area contributed by atoms with Gasteiger partial charge in [-0.25, -0.2) is 12.8 Å². The maximum Gasteiger partial charge on any atom is 0.243 e. The molecule has 1 heterocycles. The van der Waals surface area contributed by atoms with Crippen molar-refractivity contribution in [3.8, 4) is 0 Å². The highest BCUT2D eigenvalue weighted by molar-refractivity contribution is 7.89. The summed E-state index contributed by atoms with van der Waals surface area (Å²) in [4.78, 5) is 0.446. The van der Waals surface area contributed by atoms with Gasteiger partial charge in [-0.2, -0.15) is 4.31 Å². The van der Waals surface area contributed by atoms with Gasteiger partial charge in [-0.15, -0.1) is 0 Å². The first-order chi connectivity index (χ1) is 12.6. The highest BCUT2D eigenvalue weighted by atomic mass is 32.2. The lowest BCUT2D eigenvalue weighted by Gasteiger charge is -2.28. The Hall–Kier alpha value is -1.98. The van der Waals surface area contributed by atoms with Gasteiger partial charge in [0.25, 0.3) is 0 Å². The van der Waals surface area contributed by atoms with Crippen LogP contribution in [0.3, 0.4) is 0 Å². The molecule has 0 saturated heterocycles. The zero-order valence-corrected chi connectivity index (χ0v) is 17.4. The fourth-order valence-electron chi connectivity index (χ4n) is 3.78. The molecule has 3 rings (SSSR count). The second-order valence-corrected chi connectivity index (χ2v) is 9.18. The molecule has 27 heavy (non-hydrogen) atoms. The predicted molar refractivity (Wildman–Crippen MR) is 108 cm³/mol. The number of hydrogen-bond donors (Lipinski definition) is 0. The average Bonchev–Trinajstić information content (AvgIpc) is 2.65. The van der Waals surface area contributed by atoms with E-state index in [1.807, 2.05) is 40.7 Å². The van der Waals surface area contributed by atoms with Crippen molar-refractivity contribution in [2.45, 2.75) is 45.9 Å². The summed E-state index contributed by atoms with van der Waals surface area (Å²) in [7, 11) is -3.57. The summed E-state index contributed by atoms with van der Waals surface area (Å²) in [6, 6.07) is 6.35. The lowest BCUT2D eigenvalue weighted by atomic mass is 9.95. The molecule has 0 spiro atoms. The van der Waals surface area contributed by atoms with Crippen molar-refractivity contribution in [3.05, 3.63) is 69.5 Å². The molecule has 0 bridgehead atoms. The number of rotatable bonds is 3. The fraction of sp³-hybridized carbons (Fsp3) is 0.364. The quantitative estimate of drug-likeness (QED) is 0.755. The number of nitrogens with zero attached hydrogens (tertiary/aromatic N) is 1. The fourth-order valence-corrected chi connectivity index (χ4v) is 5.72. The SMILES string of the molecule is Cc1c(C)c(C)c(S(=O)(=O)N2CC=C(c3ccc(F)cc3)CC2)c(C)c1C. The minimum Gasteiger partial charge on any atom is -0.207 e. The number of hydrogen-bond acceptors (Lipinski definition) is 2. The summed E-state index contributed by atoms with van der Waals surface area (Å²) >= 11 is 0. The maximum absolute atomic E-state index is 13.4. The molecule has 0 unspecified atom stereocenters. The Morgan fingerprint density at radius 2 is 1.37 bits per heavy atom. The van der Waals surface area contributed by atoms with E-state index in [0.717, 1.165) is 39.0 Å². The van der Waals surface area contributed by atoms with Gasteiger partial charge < -0.3 is 0 Å². The molecule has 1 aliphatic rings. The molecule has 2 aromatic rings. The lowest BCUT2D eigenvalue weighted by Crippen LogP contribution is -2.35. The normalized spacial score (nSPS) is 15.7. The van der Waals surface area contributed by atoms with Gasteiger partial charge in [0.1, 0.15) is 5.82 Å². The molecule has 5 heteroatoms. The van der Waals surface area contributed by atoms with Crippen LogP contribution in [-0.4, -0.2) is 25.8 Å². The summed E-state index contributed by atoms with van der Waals surface area (Å²) in [6.07, 6.45) is 2.56. The zero-order valence-electron chi connectivity index (χ0n) is 16.6. The topological polar surface area (TPSA) is 37.4 Å². The highest BCUT2D eigenvalue weighted by Gasteiger charge is 2.31. The molecule has 144 valence electrons. The summed E-state index contributed by atoms with van der Waals surface area (Å²) in [5.74, 6) is -0.268. The van der Waals surface area contributed by atoms with Gasteiger partial charge in [0.2, 0.25) is 10.0 Å². The Balaban J connectivity index is 1.95. The first-order valence-electron chi connectivity index (χ1n) is 9.16. The van der Waals surface area contributed by atoms with Crippen LogP contribution in [0.2, 0.25) is 0 Å². The summed E-state index contributed by atoms with van der Waals surface area (Å²) in [5, 5.41) is 0. The molecule has 0 fully saturated rings. The number of halogens is 1. The van der Waals surface area contributed by atoms with Crippen LogP contribution < -0.4 is 0 Å². The molecule has 3 nitrogen and oxygen atoms in total. The van der Waals surface area contributed by atoms with Crippen molar-refractivity contribution < 1.29 is 12.8 Å². The Morgan fingerprint density at radius 3 is 1.85 bits per heavy atom. The van der Waals surface area contributed by atoms with E-state index in [2.05, 4.69) is 0 Å². The Kier molecular flexibility index (Phi) is 5.28. The Morgan fingerprint density at radius 1 is 0.852 bits per heavy atom. The van der Waals surface area contributed by atoms with E-state index in [9.17, 15) is 12.8 Å². The largest absolute Gasteiger partial charge is 0.243 e. The van der Waals surface area contributed by atoms with Crippen molar-refractivity contribution in [1.82, 2.24) is 4.31 Å². The van der Waals surface area contributed by atoms with Crippen molar-refractivity contribution in [3.63, 3.8) is 0 Å². The van der Waals surface area contributed by atoms with Crippen molar-refractivity contribution in [2.75, 3.05) is 13.1 Å². The Bertz CT molecular complexity index is 992. The number of benzene rings is 2. The summed E-state index contributed by atoms with van der Waals surface area (Å²) < 4.78 is 41.4. The van der Waals surface area contributed by atoms with Gasteiger partial charge in [0.15, 0.2) is 0 Å². The third-order valence-electron chi connectivity index (χ3n) is 5.92. The van der Waals surface area contributed by atoms with Gasteiger partial charge in [-0.05, 0) is 92.1 Å². The van der Waals surface area contributed by atoms with E-state index in [0.29, 0.717) is 24.4 Å². The van der Waals surface area contributed by atoms with Gasteiger partial charge in [0, 0.05) is 13.1 Å². The molecule has 0 aliphatic carbocycles. The molecular weight excluding hydrogens is 361 g/mol. The third-order valence-corrected chi connectivity index (χ3v) is 8.06. The molecule has 0 atom stereocenters. The van der Waals surface area contributed by atoms with E-state index in [1.165, 1.54) is 12.1 Å². The van der Waals surface area contributed by atoms with Crippen molar-refractivity contribution in [1.29, 1.82) is 0 Å². The molecule has 0 saturated carbocycles. The van der Waals surface area contributed by atoms with Gasteiger partial charge >= 0.3 is 0 Å². The van der Waals surface area contributed by atoms with E-state index in [4.69, 9.17) is 0 Å². The van der Waals surface area contributed by atoms with Crippen LogP contribution in [0.5, 0.6) is 0 Å². The van der Waals surface area contributed by atoms with Crippen molar-refractivity contribution in [2.24, 2.45) is 0 Å². The predicted octanol–water partition coefficient (Wildman–Crippen LogP) is 4.85. The zero-order chi connectivity index (χ0) is 19.9. The van der Waals surface area contributed by atoms with Crippen LogP contribution in [0.15, 0.2) is 35.2 Å². The van der Waals surface area contributed by atoms with E-state index in [1.54, 1.807) is 16.4 Å². The van der Waals surface area contributed by atoms with Crippen LogP contribution >= 0.6 is 0 Å². The van der Waals surface area contributed by atoms with E-state index < -0.39 is 10.0 Å². The summed E-state index contributed by atoms with van der Waals surface area (Å²) in [6.45, 7) is 10.6. The molecule has 0 amide bonds.